The molecule has 8 heteroatoms. The van der Waals surface area contributed by atoms with Crippen molar-refractivity contribution in [3.05, 3.63) is 30.2 Å². The van der Waals surface area contributed by atoms with E-state index in [2.05, 4.69) is 26.1 Å². The van der Waals surface area contributed by atoms with Crippen LogP contribution in [0.2, 0.25) is 0 Å². The molecule has 0 radical (unpaired) electrons. The van der Waals surface area contributed by atoms with Gasteiger partial charge in [0.1, 0.15) is 0 Å². The van der Waals surface area contributed by atoms with Gasteiger partial charge in [0.2, 0.25) is 17.6 Å². The Morgan fingerprint density at radius 1 is 1.19 bits per heavy atom. The average molecular weight is 357 g/mol. The van der Waals surface area contributed by atoms with E-state index in [-0.39, 0.29) is 23.9 Å². The highest BCUT2D eigenvalue weighted by Gasteiger charge is 2.26. The third-order valence-corrected chi connectivity index (χ3v) is 4.59. The molecular weight excluding hydrogens is 334 g/mol. The van der Waals surface area contributed by atoms with Crippen molar-refractivity contribution in [2.45, 2.75) is 38.6 Å². The number of carbonyl (C=O) groups excluding carboxylic acids is 2. The number of hydrogen-bond acceptors (Lipinski definition) is 5. The van der Waals surface area contributed by atoms with Crippen molar-refractivity contribution in [3.63, 3.8) is 0 Å². The summed E-state index contributed by atoms with van der Waals surface area (Å²) in [5.74, 6) is 1.11. The minimum Gasteiger partial charge on any atom is -0.359 e. The third-order valence-electron chi connectivity index (χ3n) is 4.59. The molecule has 0 spiro atoms. The van der Waals surface area contributed by atoms with E-state index in [9.17, 15) is 9.59 Å². The van der Waals surface area contributed by atoms with E-state index in [1.165, 1.54) is 0 Å². The number of aryl methyl sites for hydroxylation is 1. The molecule has 0 unspecified atom stereocenters. The van der Waals surface area contributed by atoms with E-state index >= 15 is 0 Å². The van der Waals surface area contributed by atoms with Gasteiger partial charge in [-0.25, -0.2) is 4.79 Å². The summed E-state index contributed by atoms with van der Waals surface area (Å²) < 4.78 is 4.98. The van der Waals surface area contributed by atoms with Gasteiger partial charge in [0.05, 0.1) is 0 Å². The molecule has 26 heavy (non-hydrogen) atoms. The molecule has 0 bridgehead atoms. The molecule has 3 amide bonds. The van der Waals surface area contributed by atoms with Crippen LogP contribution in [0.3, 0.4) is 0 Å². The minimum absolute atomic E-state index is 0.0520. The van der Waals surface area contributed by atoms with Crippen LogP contribution in [0.25, 0.3) is 11.4 Å². The second kappa shape index (κ2) is 7.99. The van der Waals surface area contributed by atoms with Crippen molar-refractivity contribution >= 4 is 17.6 Å². The molecule has 1 aliphatic carbocycles. The molecule has 138 valence electrons. The lowest BCUT2D eigenvalue weighted by Gasteiger charge is -2.28. The molecule has 8 nitrogen and oxygen atoms in total. The number of carbonyl (C=O) groups is 2. The summed E-state index contributed by atoms with van der Waals surface area (Å²) in [5, 5.41) is 12.4. The molecule has 1 aliphatic rings. The van der Waals surface area contributed by atoms with Crippen LogP contribution in [0.4, 0.5) is 10.5 Å². The largest absolute Gasteiger partial charge is 0.359 e. The molecule has 3 N–H and O–H groups in total. The van der Waals surface area contributed by atoms with Crippen molar-refractivity contribution in [1.29, 1.82) is 0 Å². The number of rotatable bonds is 4. The second-order valence-electron chi connectivity index (χ2n) is 6.48. The van der Waals surface area contributed by atoms with Crippen LogP contribution >= 0.6 is 0 Å². The van der Waals surface area contributed by atoms with E-state index in [1.807, 2.05) is 12.1 Å². The van der Waals surface area contributed by atoms with Crippen LogP contribution in [0, 0.1) is 12.8 Å². The molecule has 0 aliphatic heterocycles. The summed E-state index contributed by atoms with van der Waals surface area (Å²) in [6.45, 7) is 1.73. The first kappa shape index (κ1) is 17.9. The number of hydrogen-bond donors (Lipinski definition) is 3. The van der Waals surface area contributed by atoms with Crippen LogP contribution in [0.15, 0.2) is 28.8 Å². The summed E-state index contributed by atoms with van der Waals surface area (Å²) in [4.78, 5) is 28.1. The predicted molar refractivity (Wildman–Crippen MR) is 96.4 cm³/mol. The monoisotopic (exact) mass is 357 g/mol. The van der Waals surface area contributed by atoms with Crippen molar-refractivity contribution in [2.24, 2.45) is 5.92 Å². The minimum atomic E-state index is -0.255. The van der Waals surface area contributed by atoms with Crippen LogP contribution in [-0.2, 0) is 4.79 Å². The maximum atomic E-state index is 12.3. The van der Waals surface area contributed by atoms with Gasteiger partial charge in [-0.15, -0.1) is 0 Å². The topological polar surface area (TPSA) is 109 Å². The van der Waals surface area contributed by atoms with Crippen LogP contribution < -0.4 is 16.0 Å². The Labute approximate surface area is 151 Å². The molecule has 0 saturated heterocycles. The first-order chi connectivity index (χ1) is 12.5. The Balaban J connectivity index is 1.53. The fraction of sp³-hybridized carbons (Fsp3) is 0.444. The van der Waals surface area contributed by atoms with E-state index in [4.69, 9.17) is 4.52 Å². The summed E-state index contributed by atoms with van der Waals surface area (Å²) in [7, 11) is 1.66. The normalized spacial score (nSPS) is 19.6. The van der Waals surface area contributed by atoms with Crippen molar-refractivity contribution < 1.29 is 14.1 Å². The Morgan fingerprint density at radius 2 is 1.96 bits per heavy atom. The zero-order valence-electron chi connectivity index (χ0n) is 14.9. The maximum Gasteiger partial charge on any atom is 0.319 e. The smallest absolute Gasteiger partial charge is 0.319 e. The highest BCUT2D eigenvalue weighted by atomic mass is 16.5. The molecule has 1 aromatic heterocycles. The first-order valence-corrected chi connectivity index (χ1v) is 8.75. The summed E-state index contributed by atoms with van der Waals surface area (Å²) in [5.41, 5.74) is 1.42. The standard InChI is InChI=1S/C18H23N5O3/c1-11-20-16(23-26-11)13-4-3-5-15(10-13)22-18(25)21-14-8-6-12(7-9-14)17(24)19-2/h3-5,10,12,14H,6-9H2,1-2H3,(H,19,24)(H2,21,22,25). The van der Waals surface area contributed by atoms with Gasteiger partial charge in [-0.1, -0.05) is 17.3 Å². The van der Waals surface area contributed by atoms with Gasteiger partial charge in [0.25, 0.3) is 0 Å². The Kier molecular flexibility index (Phi) is 5.50. The summed E-state index contributed by atoms with van der Waals surface area (Å²) in [6.07, 6.45) is 3.18. The van der Waals surface area contributed by atoms with Crippen molar-refractivity contribution in [2.75, 3.05) is 12.4 Å². The SMILES string of the molecule is CNC(=O)C1CCC(NC(=O)Nc2cccc(-c3noc(C)n3)c2)CC1. The Morgan fingerprint density at radius 3 is 2.62 bits per heavy atom. The van der Waals surface area contributed by atoms with Gasteiger partial charge in [0.15, 0.2) is 0 Å². The quantitative estimate of drug-likeness (QED) is 0.779. The lowest BCUT2D eigenvalue weighted by Crippen LogP contribution is -2.42. The fourth-order valence-corrected chi connectivity index (χ4v) is 3.21. The van der Waals surface area contributed by atoms with Gasteiger partial charge < -0.3 is 20.5 Å². The van der Waals surface area contributed by atoms with Crippen molar-refractivity contribution in [3.8, 4) is 11.4 Å². The Hall–Kier alpha value is -2.90. The first-order valence-electron chi connectivity index (χ1n) is 8.75. The molecule has 1 fully saturated rings. The van der Waals surface area contributed by atoms with Gasteiger partial charge in [0, 0.05) is 37.2 Å². The van der Waals surface area contributed by atoms with Crippen LogP contribution in [-0.4, -0.2) is 35.2 Å². The van der Waals surface area contributed by atoms with Gasteiger partial charge >= 0.3 is 6.03 Å². The number of amides is 3. The number of benzene rings is 1. The molecule has 1 saturated carbocycles. The number of nitrogens with zero attached hydrogens (tertiary/aromatic N) is 2. The van der Waals surface area contributed by atoms with E-state index < -0.39 is 0 Å². The van der Waals surface area contributed by atoms with Gasteiger partial charge in [-0.2, -0.15) is 4.98 Å². The fourth-order valence-electron chi connectivity index (χ4n) is 3.21. The van der Waals surface area contributed by atoms with E-state index in [1.54, 1.807) is 26.1 Å². The maximum absolute atomic E-state index is 12.3. The van der Waals surface area contributed by atoms with Crippen LogP contribution in [0.1, 0.15) is 31.6 Å². The zero-order chi connectivity index (χ0) is 18.5. The zero-order valence-corrected chi connectivity index (χ0v) is 14.9. The molecule has 1 heterocycles. The molecule has 2 aromatic rings. The number of anilines is 1. The highest BCUT2D eigenvalue weighted by Crippen LogP contribution is 2.25. The molecule has 3 rings (SSSR count). The number of urea groups is 1. The Bertz CT molecular complexity index is 781. The van der Waals surface area contributed by atoms with Crippen molar-refractivity contribution in [1.82, 2.24) is 20.8 Å². The third kappa shape index (κ3) is 4.38. The average Bonchev–Trinajstić information content (AvgIpc) is 3.08. The van der Waals surface area contributed by atoms with Gasteiger partial charge in [-0.05, 0) is 37.8 Å². The van der Waals surface area contributed by atoms with E-state index in [0.717, 1.165) is 31.2 Å². The van der Waals surface area contributed by atoms with E-state index in [0.29, 0.717) is 17.4 Å². The lowest BCUT2D eigenvalue weighted by atomic mass is 9.85. The van der Waals surface area contributed by atoms with Gasteiger partial charge in [-0.3, -0.25) is 4.79 Å². The number of aromatic nitrogens is 2. The summed E-state index contributed by atoms with van der Waals surface area (Å²) >= 11 is 0. The molecule has 1 aromatic carbocycles. The van der Waals surface area contributed by atoms with Crippen LogP contribution in [0.5, 0.6) is 0 Å². The molecular formula is C18H23N5O3. The highest BCUT2D eigenvalue weighted by molar-refractivity contribution is 5.90. The summed E-state index contributed by atoms with van der Waals surface area (Å²) in [6, 6.07) is 7.11. The number of nitrogens with one attached hydrogen (secondary N) is 3. The molecule has 0 atom stereocenters. The second-order valence-corrected chi connectivity index (χ2v) is 6.48. The lowest BCUT2D eigenvalue weighted by molar-refractivity contribution is -0.125. The predicted octanol–water partition coefficient (Wildman–Crippen LogP) is 2.47.